The molecule has 0 aromatic heterocycles. The minimum atomic E-state index is -0.852. The molecule has 0 saturated carbocycles. The van der Waals surface area contributed by atoms with Gasteiger partial charge in [-0.1, -0.05) is 20.1 Å². The molecule has 11 saturated heterocycles. The van der Waals surface area contributed by atoms with E-state index in [1.807, 2.05) is 0 Å². The number of hydrogen-bond acceptors (Lipinski definition) is 13. The van der Waals surface area contributed by atoms with E-state index in [4.69, 9.17) is 47.4 Å². The highest BCUT2D eigenvalue weighted by molar-refractivity contribution is 5.70. The van der Waals surface area contributed by atoms with Gasteiger partial charge in [0.1, 0.15) is 42.7 Å². The molecule has 13 nitrogen and oxygen atoms in total. The number of ether oxygens (including phenoxy) is 10. The monoisotopic (exact) mass is 744 g/mol. The molecule has 12 bridgehead atoms. The van der Waals surface area contributed by atoms with Gasteiger partial charge in [-0.3, -0.25) is 4.79 Å². The molecule has 11 fully saturated rings. The second kappa shape index (κ2) is 13.9. The molecule has 1 spiro atoms. The zero-order valence-corrected chi connectivity index (χ0v) is 30.7. The van der Waals surface area contributed by atoms with Crippen LogP contribution in [0, 0.1) is 5.92 Å². The molecule has 11 rings (SSSR count). The third kappa shape index (κ3) is 6.47. The Morgan fingerprint density at radius 3 is 2.26 bits per heavy atom. The van der Waals surface area contributed by atoms with Crippen LogP contribution in [0.5, 0.6) is 0 Å². The van der Waals surface area contributed by atoms with Crippen LogP contribution in [0.25, 0.3) is 0 Å². The molecule has 11 aliphatic heterocycles. The van der Waals surface area contributed by atoms with Crippen LogP contribution in [-0.4, -0.2) is 138 Å². The van der Waals surface area contributed by atoms with Gasteiger partial charge in [0.05, 0.1) is 80.2 Å². The first-order valence-corrected chi connectivity index (χ1v) is 20.4. The van der Waals surface area contributed by atoms with E-state index in [0.29, 0.717) is 38.5 Å². The Labute approximate surface area is 310 Å². The summed E-state index contributed by atoms with van der Waals surface area (Å²) in [6, 6.07) is 0. The number of carbonyl (C=O) groups is 1. The van der Waals surface area contributed by atoms with Crippen LogP contribution in [0.15, 0.2) is 24.3 Å². The Kier molecular flexibility index (Phi) is 9.39. The number of fused-ring (bicyclic) bond motifs is 7. The van der Waals surface area contributed by atoms with Crippen LogP contribution in [0.1, 0.15) is 90.4 Å². The van der Waals surface area contributed by atoms with Crippen molar-refractivity contribution < 1.29 is 62.4 Å². The number of rotatable bonds is 1. The summed E-state index contributed by atoms with van der Waals surface area (Å²) in [5, 5.41) is 20.5. The fourth-order valence-corrected chi connectivity index (χ4v) is 11.3. The Morgan fingerprint density at radius 1 is 0.660 bits per heavy atom. The first-order valence-electron chi connectivity index (χ1n) is 20.4. The Hall–Kier alpha value is -1.49. The third-order valence-electron chi connectivity index (χ3n) is 14.1. The predicted molar refractivity (Wildman–Crippen MR) is 184 cm³/mol. The summed E-state index contributed by atoms with van der Waals surface area (Å²) in [6.45, 7) is 10.8. The highest BCUT2D eigenvalue weighted by Gasteiger charge is 2.68. The van der Waals surface area contributed by atoms with Crippen LogP contribution in [0.2, 0.25) is 0 Å². The second-order valence-electron chi connectivity index (χ2n) is 17.7. The Bertz CT molecular complexity index is 1440. The Morgan fingerprint density at radius 2 is 1.40 bits per heavy atom. The van der Waals surface area contributed by atoms with Gasteiger partial charge in [0.2, 0.25) is 0 Å². The van der Waals surface area contributed by atoms with Crippen molar-refractivity contribution in [1.82, 2.24) is 0 Å². The van der Waals surface area contributed by atoms with Gasteiger partial charge in [0.15, 0.2) is 5.79 Å². The van der Waals surface area contributed by atoms with E-state index in [9.17, 15) is 15.0 Å². The quantitative estimate of drug-likeness (QED) is 0.300. The van der Waals surface area contributed by atoms with Crippen LogP contribution >= 0.6 is 0 Å². The van der Waals surface area contributed by atoms with Crippen LogP contribution < -0.4 is 0 Å². The van der Waals surface area contributed by atoms with Crippen molar-refractivity contribution in [2.45, 2.75) is 206 Å². The predicted octanol–water partition coefficient (Wildman–Crippen LogP) is 2.95. The average molecular weight is 745 g/mol. The molecular weight excluding hydrogens is 688 g/mol. The summed E-state index contributed by atoms with van der Waals surface area (Å²) in [7, 11) is 0. The molecular formula is C40H56O13. The fraction of sp³-hybridized carbons (Fsp3) is 0.875. The molecule has 0 aromatic rings. The summed E-state index contributed by atoms with van der Waals surface area (Å²) in [4.78, 5) is 13.8. The van der Waals surface area contributed by atoms with Gasteiger partial charge in [-0.2, -0.15) is 0 Å². The molecule has 2 N–H and O–H groups in total. The molecule has 0 amide bonds. The van der Waals surface area contributed by atoms with E-state index in [1.54, 1.807) is 0 Å². The highest BCUT2D eigenvalue weighted by atomic mass is 16.8. The lowest BCUT2D eigenvalue weighted by Gasteiger charge is -2.48. The fourth-order valence-electron chi connectivity index (χ4n) is 11.3. The minimum absolute atomic E-state index is 0.00619. The van der Waals surface area contributed by atoms with Crippen LogP contribution in [0.3, 0.4) is 0 Å². The van der Waals surface area contributed by atoms with Crippen LogP contribution in [0.4, 0.5) is 0 Å². The summed E-state index contributed by atoms with van der Waals surface area (Å²) in [5.74, 6) is -0.935. The Balaban J connectivity index is 0.925. The standard InChI is InChI=1S/C40H56O13/c1-18-10-21-4-6-25-19(2)11-23(44-25)8-9-40-16-32-36(52-40)37-38(51-32)39(53-40)35-26(50-37)7-5-22(46-35)12-34(43)49-31-15-30-28(13-24(42)33(17-41)48-30)47-29(31)14-27(45-21)20(18)3/h18,21-33,35-39,41-42H,2-17H2,1H3/t18-,21+,22-,23+,24+,25+,26+,27-,28+,29+,30+,31-,32+,33-,35+,36+,37+,38-,39+,40+/m1/s1. The van der Waals surface area contributed by atoms with Crippen molar-refractivity contribution in [3.05, 3.63) is 24.3 Å². The van der Waals surface area contributed by atoms with E-state index in [0.717, 1.165) is 49.7 Å². The lowest BCUT2D eigenvalue weighted by molar-refractivity contribution is -0.293. The summed E-state index contributed by atoms with van der Waals surface area (Å²) in [6.07, 6.45) is 2.16. The molecule has 0 radical (unpaired) electrons. The molecule has 0 aliphatic carbocycles. The van der Waals surface area contributed by atoms with Gasteiger partial charge in [-0.15, -0.1) is 0 Å². The van der Waals surface area contributed by atoms with E-state index in [2.05, 4.69) is 20.1 Å². The molecule has 53 heavy (non-hydrogen) atoms. The summed E-state index contributed by atoms with van der Waals surface area (Å²) >= 11 is 0. The molecule has 11 heterocycles. The van der Waals surface area contributed by atoms with Crippen molar-refractivity contribution in [1.29, 1.82) is 0 Å². The number of hydrogen-bond donors (Lipinski definition) is 2. The van der Waals surface area contributed by atoms with E-state index >= 15 is 0 Å². The number of carbonyl (C=O) groups excluding carboxylic acids is 1. The van der Waals surface area contributed by atoms with Crippen molar-refractivity contribution in [3.63, 3.8) is 0 Å². The van der Waals surface area contributed by atoms with E-state index in [1.165, 1.54) is 0 Å². The van der Waals surface area contributed by atoms with Gasteiger partial charge in [0.25, 0.3) is 0 Å². The molecule has 0 unspecified atom stereocenters. The first-order chi connectivity index (χ1) is 25.6. The maximum Gasteiger partial charge on any atom is 0.308 e. The smallest absolute Gasteiger partial charge is 0.308 e. The zero-order valence-electron chi connectivity index (χ0n) is 30.7. The molecule has 294 valence electrons. The number of aliphatic hydroxyl groups excluding tert-OH is 2. The van der Waals surface area contributed by atoms with Crippen LogP contribution in [-0.2, 0) is 52.2 Å². The first kappa shape index (κ1) is 35.9. The largest absolute Gasteiger partial charge is 0.459 e. The van der Waals surface area contributed by atoms with Crippen molar-refractivity contribution in [2.24, 2.45) is 5.92 Å². The van der Waals surface area contributed by atoms with Gasteiger partial charge >= 0.3 is 5.97 Å². The molecule has 0 aromatic carbocycles. The molecule has 13 heteroatoms. The lowest BCUT2D eigenvalue weighted by Crippen LogP contribution is -2.61. The molecule has 20 atom stereocenters. The topological polar surface area (TPSA) is 150 Å². The molecule has 11 aliphatic rings. The average Bonchev–Trinajstić information content (AvgIpc) is 3.71. The lowest BCUT2D eigenvalue weighted by atomic mass is 9.83. The van der Waals surface area contributed by atoms with Crippen molar-refractivity contribution >= 4 is 5.97 Å². The normalized spacial score (nSPS) is 55.2. The maximum atomic E-state index is 13.8. The van der Waals surface area contributed by atoms with Gasteiger partial charge in [-0.05, 0) is 62.0 Å². The third-order valence-corrected chi connectivity index (χ3v) is 14.1. The summed E-state index contributed by atoms with van der Waals surface area (Å²) < 4.78 is 66.1. The van der Waals surface area contributed by atoms with E-state index < -0.39 is 48.5 Å². The minimum Gasteiger partial charge on any atom is -0.459 e. The maximum absolute atomic E-state index is 13.8. The van der Waals surface area contributed by atoms with E-state index in [-0.39, 0.29) is 92.1 Å². The highest BCUT2D eigenvalue weighted by Crippen LogP contribution is 2.54. The number of esters is 1. The SMILES string of the molecule is C=C1C[C@@H]2CC[C@@]34C[C@@H]5O[C@@H]6[C@@H](O[C@H]7CC[C@H](CC(=O)O[C@@H]8C[C@@H]9O[C@H](CO)[C@@H](O)C[C@@H]9O[C@H]8C[C@H]8O[C@@H](CC[C@@H]1O2)C[C@@H](C)C8=C)O[C@@H]7[C@@H]6O3)[C@H]5O4. The zero-order chi connectivity index (χ0) is 36.2. The van der Waals surface area contributed by atoms with Gasteiger partial charge < -0.3 is 57.6 Å². The summed E-state index contributed by atoms with van der Waals surface area (Å²) in [5.41, 5.74) is 2.13. The van der Waals surface area contributed by atoms with Crippen molar-refractivity contribution in [2.75, 3.05) is 6.61 Å². The number of aliphatic hydroxyl groups is 2. The van der Waals surface area contributed by atoms with Gasteiger partial charge in [0, 0.05) is 32.1 Å². The van der Waals surface area contributed by atoms with Crippen molar-refractivity contribution in [3.8, 4) is 0 Å². The second-order valence-corrected chi connectivity index (χ2v) is 17.7. The van der Waals surface area contributed by atoms with Gasteiger partial charge in [-0.25, -0.2) is 0 Å².